The molecule has 0 spiro atoms. The highest BCUT2D eigenvalue weighted by atomic mass is 19.2. The molecule has 1 aromatic heterocycles. The first-order chi connectivity index (χ1) is 9.77. The first kappa shape index (κ1) is 13.2. The zero-order chi connectivity index (χ0) is 13.9. The second-order valence-corrected chi connectivity index (χ2v) is 5.00. The van der Waals surface area contributed by atoms with E-state index in [1.165, 1.54) is 12.6 Å². The van der Waals surface area contributed by atoms with Gasteiger partial charge in [0.1, 0.15) is 0 Å². The lowest BCUT2D eigenvalue weighted by Crippen LogP contribution is -2.31. The summed E-state index contributed by atoms with van der Waals surface area (Å²) in [6.45, 7) is 1.80. The van der Waals surface area contributed by atoms with Gasteiger partial charge >= 0.3 is 7.40 Å². The van der Waals surface area contributed by atoms with E-state index < -0.39 is 7.40 Å². The monoisotopic (exact) mass is 275 g/mol. The van der Waals surface area contributed by atoms with E-state index in [9.17, 15) is 8.63 Å². The fourth-order valence-corrected chi connectivity index (χ4v) is 2.78. The molecule has 3 nitrogen and oxygen atoms in total. The van der Waals surface area contributed by atoms with Crippen LogP contribution in [0.5, 0.6) is 0 Å². The summed E-state index contributed by atoms with van der Waals surface area (Å²) >= 11 is 0. The van der Waals surface area contributed by atoms with Crippen LogP contribution in [0.15, 0.2) is 41.2 Å². The number of hydrogen-bond acceptors (Lipinski definition) is 2. The molecule has 6 heteroatoms. The van der Waals surface area contributed by atoms with E-state index >= 15 is 0 Å². The number of allylic oxidation sites excluding steroid dienone is 2. The zero-order valence-electron chi connectivity index (χ0n) is 11.2. The van der Waals surface area contributed by atoms with E-state index in [0.29, 0.717) is 5.69 Å². The molecule has 0 radical (unpaired) electrons. The fraction of sp³-hybridized carbons (Fsp3) is 0.357. The molecule has 0 aliphatic carbocycles. The van der Waals surface area contributed by atoms with Gasteiger partial charge in [-0.3, -0.25) is 13.6 Å². The van der Waals surface area contributed by atoms with Crippen molar-refractivity contribution < 1.29 is 8.63 Å². The minimum absolute atomic E-state index is 0.542. The summed E-state index contributed by atoms with van der Waals surface area (Å²) < 4.78 is 27.3. The zero-order valence-corrected chi connectivity index (χ0v) is 11.2. The van der Waals surface area contributed by atoms with Crippen LogP contribution in [0, 0.1) is 0 Å². The molecule has 2 aliphatic rings. The molecule has 3 heterocycles. The average molecular weight is 275 g/mol. The number of rotatable bonds is 3. The molecule has 0 unspecified atom stereocenters. The Morgan fingerprint density at radius 3 is 2.65 bits per heavy atom. The van der Waals surface area contributed by atoms with Crippen LogP contribution in [0.25, 0.3) is 5.70 Å². The van der Waals surface area contributed by atoms with E-state index in [-0.39, 0.29) is 0 Å². The third-order valence-electron chi connectivity index (χ3n) is 3.70. The highest BCUT2D eigenvalue weighted by molar-refractivity contribution is 6.41. The number of halogens is 2. The number of aliphatic imine (C=N–C) groups is 1. The van der Waals surface area contributed by atoms with Gasteiger partial charge in [0.25, 0.3) is 0 Å². The van der Waals surface area contributed by atoms with Gasteiger partial charge in [0.2, 0.25) is 0 Å². The van der Waals surface area contributed by atoms with Gasteiger partial charge in [-0.05, 0) is 49.7 Å². The Morgan fingerprint density at radius 1 is 1.20 bits per heavy atom. The van der Waals surface area contributed by atoms with E-state index in [2.05, 4.69) is 9.89 Å². The SMILES string of the molecule is FB(F)n1cccc1/C(=C1/C=CC=N1)N1CCCCC1. The molecule has 20 heavy (non-hydrogen) atoms. The van der Waals surface area contributed by atoms with Crippen LogP contribution < -0.4 is 0 Å². The molecule has 0 aromatic carbocycles. The van der Waals surface area contributed by atoms with Crippen LogP contribution >= 0.6 is 0 Å². The molecule has 0 atom stereocenters. The Balaban J connectivity index is 2.06. The summed E-state index contributed by atoms with van der Waals surface area (Å²) in [6.07, 6.45) is 10.2. The van der Waals surface area contributed by atoms with Gasteiger partial charge in [-0.15, -0.1) is 0 Å². The third kappa shape index (κ3) is 2.42. The average Bonchev–Trinajstić information content (AvgIpc) is 3.12. The van der Waals surface area contributed by atoms with Crippen molar-refractivity contribution in [2.45, 2.75) is 19.3 Å². The van der Waals surface area contributed by atoms with Crippen molar-refractivity contribution in [3.05, 3.63) is 41.9 Å². The minimum atomic E-state index is -2.53. The van der Waals surface area contributed by atoms with E-state index in [0.717, 1.165) is 41.8 Å². The number of piperidine rings is 1. The molecule has 104 valence electrons. The molecule has 0 saturated carbocycles. The molecular weight excluding hydrogens is 259 g/mol. The highest BCUT2D eigenvalue weighted by Gasteiger charge is 2.26. The van der Waals surface area contributed by atoms with Crippen molar-refractivity contribution in [1.82, 2.24) is 9.38 Å². The molecule has 2 aliphatic heterocycles. The van der Waals surface area contributed by atoms with E-state index in [4.69, 9.17) is 0 Å². The first-order valence-corrected chi connectivity index (χ1v) is 6.92. The van der Waals surface area contributed by atoms with Crippen molar-refractivity contribution in [2.24, 2.45) is 4.99 Å². The summed E-state index contributed by atoms with van der Waals surface area (Å²) in [5, 5.41) is 0. The summed E-state index contributed by atoms with van der Waals surface area (Å²) in [5.41, 5.74) is 2.13. The Morgan fingerprint density at radius 2 is 2.00 bits per heavy atom. The summed E-state index contributed by atoms with van der Waals surface area (Å²) in [6, 6.07) is 3.40. The van der Waals surface area contributed by atoms with Gasteiger partial charge < -0.3 is 9.38 Å². The second-order valence-electron chi connectivity index (χ2n) is 5.00. The Hall–Kier alpha value is -1.85. The first-order valence-electron chi connectivity index (χ1n) is 6.92. The van der Waals surface area contributed by atoms with Crippen molar-refractivity contribution in [2.75, 3.05) is 13.1 Å². The normalized spacial score (nSPS) is 20.6. The lowest BCUT2D eigenvalue weighted by molar-refractivity contribution is 0.323. The molecule has 0 amide bonds. The smallest absolute Gasteiger partial charge is 0.368 e. The quantitative estimate of drug-likeness (QED) is 0.776. The van der Waals surface area contributed by atoms with Crippen LogP contribution in [0.1, 0.15) is 25.0 Å². The van der Waals surface area contributed by atoms with E-state index in [1.54, 1.807) is 18.3 Å². The number of hydrogen-bond donors (Lipinski definition) is 0. The standard InChI is InChI=1S/C14H16BF2N3/c16-15(17)20-11-5-7-13(20)14(12-6-4-8-18-12)19-9-2-1-3-10-19/h4-8,11H,1-3,9-10H2/b14-12+. The molecule has 3 rings (SSSR count). The van der Waals surface area contributed by atoms with Crippen LogP contribution in [-0.2, 0) is 0 Å². The van der Waals surface area contributed by atoms with Crippen molar-refractivity contribution in [3.8, 4) is 0 Å². The molecule has 1 aromatic rings. The van der Waals surface area contributed by atoms with Gasteiger partial charge in [0.15, 0.2) is 0 Å². The van der Waals surface area contributed by atoms with Gasteiger partial charge in [-0.1, -0.05) is 0 Å². The maximum absolute atomic E-state index is 13.1. The highest BCUT2D eigenvalue weighted by Crippen LogP contribution is 2.29. The Labute approximate surface area is 117 Å². The predicted molar refractivity (Wildman–Crippen MR) is 77.8 cm³/mol. The van der Waals surface area contributed by atoms with Crippen LogP contribution in [0.4, 0.5) is 8.63 Å². The lowest BCUT2D eigenvalue weighted by atomic mass is 10.1. The van der Waals surface area contributed by atoms with E-state index in [1.807, 2.05) is 12.2 Å². The largest absolute Gasteiger partial charge is 0.677 e. The predicted octanol–water partition coefficient (Wildman–Crippen LogP) is 3.06. The summed E-state index contributed by atoms with van der Waals surface area (Å²) in [5.74, 6) is 0. The molecule has 1 fully saturated rings. The van der Waals surface area contributed by atoms with Gasteiger partial charge in [-0.25, -0.2) is 0 Å². The van der Waals surface area contributed by atoms with Crippen LogP contribution in [0.3, 0.4) is 0 Å². The van der Waals surface area contributed by atoms with Crippen LogP contribution in [-0.4, -0.2) is 36.1 Å². The Bertz CT molecular complexity index is 555. The van der Waals surface area contributed by atoms with Gasteiger partial charge in [0, 0.05) is 19.3 Å². The number of nitrogens with zero attached hydrogens (tertiary/aromatic N) is 3. The summed E-state index contributed by atoms with van der Waals surface area (Å²) in [7, 11) is -2.53. The third-order valence-corrected chi connectivity index (χ3v) is 3.70. The second kappa shape index (κ2) is 5.65. The Kier molecular flexibility index (Phi) is 3.71. The van der Waals surface area contributed by atoms with Crippen molar-refractivity contribution in [1.29, 1.82) is 0 Å². The minimum Gasteiger partial charge on any atom is -0.368 e. The maximum Gasteiger partial charge on any atom is 0.677 e. The fourth-order valence-electron chi connectivity index (χ4n) is 2.78. The number of likely N-dealkylation sites (tertiary alicyclic amines) is 1. The molecular formula is C14H16BF2N3. The maximum atomic E-state index is 13.1. The van der Waals surface area contributed by atoms with Gasteiger partial charge in [0.05, 0.1) is 17.1 Å². The van der Waals surface area contributed by atoms with Crippen molar-refractivity contribution in [3.63, 3.8) is 0 Å². The summed E-state index contributed by atoms with van der Waals surface area (Å²) in [4.78, 5) is 6.49. The lowest BCUT2D eigenvalue weighted by Gasteiger charge is -2.32. The van der Waals surface area contributed by atoms with Crippen molar-refractivity contribution >= 4 is 19.3 Å². The topological polar surface area (TPSA) is 20.5 Å². The molecule has 0 N–H and O–H groups in total. The number of aromatic nitrogens is 1. The van der Waals surface area contributed by atoms with Gasteiger partial charge in [-0.2, -0.15) is 0 Å². The van der Waals surface area contributed by atoms with Crippen LogP contribution in [0.2, 0.25) is 0 Å². The molecule has 0 bridgehead atoms. The molecule has 1 saturated heterocycles.